The SMILES string of the molecule is Cc1nnc(SCc2ccccc2F)o1. The summed E-state index contributed by atoms with van der Waals surface area (Å²) in [6.45, 7) is 1.72. The van der Waals surface area contributed by atoms with Gasteiger partial charge in [0.1, 0.15) is 5.82 Å². The first-order valence-corrected chi connectivity index (χ1v) is 5.40. The third-order valence-corrected chi connectivity index (χ3v) is 2.68. The Morgan fingerprint density at radius 2 is 2.13 bits per heavy atom. The van der Waals surface area contributed by atoms with E-state index in [2.05, 4.69) is 10.2 Å². The van der Waals surface area contributed by atoms with Crippen LogP contribution in [0.5, 0.6) is 0 Å². The van der Waals surface area contributed by atoms with Crippen LogP contribution < -0.4 is 0 Å². The quantitative estimate of drug-likeness (QED) is 0.751. The highest BCUT2D eigenvalue weighted by Gasteiger charge is 2.05. The minimum absolute atomic E-state index is 0.207. The van der Waals surface area contributed by atoms with Gasteiger partial charge in [-0.3, -0.25) is 0 Å². The Kier molecular flexibility index (Phi) is 3.01. The van der Waals surface area contributed by atoms with Crippen molar-refractivity contribution in [2.45, 2.75) is 17.9 Å². The van der Waals surface area contributed by atoms with E-state index in [0.29, 0.717) is 22.4 Å². The molecule has 0 bridgehead atoms. The maximum absolute atomic E-state index is 13.2. The van der Waals surface area contributed by atoms with Crippen molar-refractivity contribution in [3.8, 4) is 0 Å². The maximum atomic E-state index is 13.2. The average molecular weight is 224 g/mol. The number of nitrogens with zero attached hydrogens (tertiary/aromatic N) is 2. The zero-order valence-electron chi connectivity index (χ0n) is 8.11. The van der Waals surface area contributed by atoms with Gasteiger partial charge in [0, 0.05) is 12.7 Å². The smallest absolute Gasteiger partial charge is 0.276 e. The predicted molar refractivity (Wildman–Crippen MR) is 55.0 cm³/mol. The van der Waals surface area contributed by atoms with Gasteiger partial charge >= 0.3 is 0 Å². The first-order chi connectivity index (χ1) is 7.25. The fraction of sp³-hybridized carbons (Fsp3) is 0.200. The van der Waals surface area contributed by atoms with E-state index < -0.39 is 0 Å². The molecule has 0 atom stereocenters. The first-order valence-electron chi connectivity index (χ1n) is 4.42. The minimum atomic E-state index is -0.207. The molecular weight excluding hydrogens is 215 g/mol. The summed E-state index contributed by atoms with van der Waals surface area (Å²) in [4.78, 5) is 0. The number of thioether (sulfide) groups is 1. The standard InChI is InChI=1S/C10H9FN2OS/c1-7-12-13-10(14-7)15-6-8-4-2-3-5-9(8)11/h2-5H,6H2,1H3. The lowest BCUT2D eigenvalue weighted by Gasteiger charge is -1.98. The Balaban J connectivity index is 2.02. The molecule has 0 radical (unpaired) electrons. The van der Waals surface area contributed by atoms with Crippen molar-refractivity contribution in [3.63, 3.8) is 0 Å². The molecule has 0 aliphatic carbocycles. The summed E-state index contributed by atoms with van der Waals surface area (Å²) in [7, 11) is 0. The van der Waals surface area contributed by atoms with Crippen molar-refractivity contribution in [3.05, 3.63) is 41.5 Å². The van der Waals surface area contributed by atoms with Crippen molar-refractivity contribution in [2.24, 2.45) is 0 Å². The molecular formula is C10H9FN2OS. The molecule has 3 nitrogen and oxygen atoms in total. The second-order valence-electron chi connectivity index (χ2n) is 2.97. The van der Waals surface area contributed by atoms with Crippen LogP contribution in [0, 0.1) is 12.7 Å². The van der Waals surface area contributed by atoms with Crippen LogP contribution in [0.3, 0.4) is 0 Å². The molecule has 0 fully saturated rings. The highest BCUT2D eigenvalue weighted by atomic mass is 32.2. The van der Waals surface area contributed by atoms with Crippen LogP contribution in [-0.2, 0) is 5.75 Å². The number of aryl methyl sites for hydroxylation is 1. The Labute approximate surface area is 90.7 Å². The lowest BCUT2D eigenvalue weighted by molar-refractivity contribution is 0.429. The van der Waals surface area contributed by atoms with Crippen molar-refractivity contribution in [1.82, 2.24) is 10.2 Å². The molecule has 0 aliphatic rings. The molecule has 0 amide bonds. The van der Waals surface area contributed by atoms with E-state index in [-0.39, 0.29) is 5.82 Å². The Morgan fingerprint density at radius 1 is 1.33 bits per heavy atom. The van der Waals surface area contributed by atoms with Gasteiger partial charge in [-0.25, -0.2) is 4.39 Å². The van der Waals surface area contributed by atoms with E-state index in [1.54, 1.807) is 25.1 Å². The molecule has 1 heterocycles. The summed E-state index contributed by atoms with van der Waals surface area (Å²) >= 11 is 1.33. The molecule has 0 spiro atoms. The van der Waals surface area contributed by atoms with Crippen LogP contribution in [0.15, 0.2) is 33.9 Å². The van der Waals surface area contributed by atoms with Gasteiger partial charge in [-0.05, 0) is 11.6 Å². The third kappa shape index (κ3) is 2.56. The lowest BCUT2D eigenvalue weighted by Crippen LogP contribution is -1.86. The number of halogens is 1. The van der Waals surface area contributed by atoms with E-state index >= 15 is 0 Å². The summed E-state index contributed by atoms with van der Waals surface area (Å²) in [5.74, 6) is 0.807. The normalized spacial score (nSPS) is 10.5. The monoisotopic (exact) mass is 224 g/mol. The van der Waals surface area contributed by atoms with Crippen molar-refractivity contribution in [2.75, 3.05) is 0 Å². The Bertz CT molecular complexity index is 458. The summed E-state index contributed by atoms with van der Waals surface area (Å²) in [5.41, 5.74) is 0.637. The number of aromatic nitrogens is 2. The predicted octanol–water partition coefficient (Wildman–Crippen LogP) is 2.81. The van der Waals surface area contributed by atoms with Gasteiger partial charge in [0.05, 0.1) is 0 Å². The van der Waals surface area contributed by atoms with Crippen LogP contribution in [0.2, 0.25) is 0 Å². The summed E-state index contributed by atoms with van der Waals surface area (Å²) in [5, 5.41) is 7.97. The fourth-order valence-electron chi connectivity index (χ4n) is 1.09. The molecule has 0 aliphatic heterocycles. The van der Waals surface area contributed by atoms with Crippen molar-refractivity contribution < 1.29 is 8.81 Å². The van der Waals surface area contributed by atoms with Crippen LogP contribution in [-0.4, -0.2) is 10.2 Å². The molecule has 2 aromatic rings. The van der Waals surface area contributed by atoms with Gasteiger partial charge < -0.3 is 4.42 Å². The van der Waals surface area contributed by atoms with Gasteiger partial charge in [0.2, 0.25) is 5.89 Å². The zero-order chi connectivity index (χ0) is 10.7. The van der Waals surface area contributed by atoms with E-state index in [1.165, 1.54) is 17.8 Å². The van der Waals surface area contributed by atoms with Gasteiger partial charge in [0.15, 0.2) is 0 Å². The third-order valence-electron chi connectivity index (χ3n) is 1.82. The molecule has 2 rings (SSSR count). The topological polar surface area (TPSA) is 38.9 Å². The fourth-order valence-corrected chi connectivity index (χ4v) is 1.88. The number of hydrogen-bond acceptors (Lipinski definition) is 4. The molecule has 5 heteroatoms. The van der Waals surface area contributed by atoms with E-state index in [1.807, 2.05) is 0 Å². The first kappa shape index (κ1) is 10.2. The molecule has 0 saturated carbocycles. The van der Waals surface area contributed by atoms with Gasteiger partial charge in [0.25, 0.3) is 5.22 Å². The molecule has 0 saturated heterocycles. The van der Waals surface area contributed by atoms with Crippen LogP contribution >= 0.6 is 11.8 Å². The molecule has 15 heavy (non-hydrogen) atoms. The highest BCUT2D eigenvalue weighted by Crippen LogP contribution is 2.22. The van der Waals surface area contributed by atoms with E-state index in [0.717, 1.165) is 0 Å². The van der Waals surface area contributed by atoms with Gasteiger partial charge in [-0.15, -0.1) is 10.2 Å². The highest BCUT2D eigenvalue weighted by molar-refractivity contribution is 7.98. The number of rotatable bonds is 3. The molecule has 1 aromatic heterocycles. The largest absolute Gasteiger partial charge is 0.416 e. The Morgan fingerprint density at radius 3 is 2.80 bits per heavy atom. The number of hydrogen-bond donors (Lipinski definition) is 0. The van der Waals surface area contributed by atoms with Crippen LogP contribution in [0.4, 0.5) is 4.39 Å². The van der Waals surface area contributed by atoms with E-state index in [4.69, 9.17) is 4.42 Å². The van der Waals surface area contributed by atoms with Gasteiger partial charge in [-0.1, -0.05) is 30.0 Å². The van der Waals surface area contributed by atoms with Crippen molar-refractivity contribution in [1.29, 1.82) is 0 Å². The van der Waals surface area contributed by atoms with E-state index in [9.17, 15) is 4.39 Å². The molecule has 1 aromatic carbocycles. The summed E-state index contributed by atoms with van der Waals surface area (Å²) < 4.78 is 18.4. The lowest BCUT2D eigenvalue weighted by atomic mass is 10.2. The molecule has 0 unspecified atom stereocenters. The molecule has 0 N–H and O–H groups in total. The van der Waals surface area contributed by atoms with Gasteiger partial charge in [-0.2, -0.15) is 0 Å². The minimum Gasteiger partial charge on any atom is -0.416 e. The van der Waals surface area contributed by atoms with Crippen molar-refractivity contribution >= 4 is 11.8 Å². The summed E-state index contributed by atoms with van der Waals surface area (Å²) in [6.07, 6.45) is 0. The Hall–Kier alpha value is -1.36. The van der Waals surface area contributed by atoms with Crippen LogP contribution in [0.1, 0.15) is 11.5 Å². The summed E-state index contributed by atoms with van der Waals surface area (Å²) in [6, 6.07) is 6.65. The van der Waals surface area contributed by atoms with Crippen LogP contribution in [0.25, 0.3) is 0 Å². The molecule has 78 valence electrons. The second kappa shape index (κ2) is 4.44. The average Bonchev–Trinajstić information content (AvgIpc) is 2.63. The number of benzene rings is 1. The maximum Gasteiger partial charge on any atom is 0.276 e. The second-order valence-corrected chi connectivity index (χ2v) is 3.89. The zero-order valence-corrected chi connectivity index (χ0v) is 8.92.